The molecule has 0 aromatic heterocycles. The van der Waals surface area contributed by atoms with Crippen LogP contribution in [0.5, 0.6) is 0 Å². The highest BCUT2D eigenvalue weighted by atomic mass is 35.5. The number of amides is 1. The summed E-state index contributed by atoms with van der Waals surface area (Å²) >= 11 is 11.9. The highest BCUT2D eigenvalue weighted by Crippen LogP contribution is 2.25. The molecule has 1 fully saturated rings. The zero-order valence-corrected chi connectivity index (χ0v) is 11.4. The van der Waals surface area contributed by atoms with E-state index in [0.29, 0.717) is 34.7 Å². The van der Waals surface area contributed by atoms with Gasteiger partial charge in [0.15, 0.2) is 0 Å². The quantitative estimate of drug-likeness (QED) is 0.928. The molecule has 1 aromatic rings. The van der Waals surface area contributed by atoms with Crippen LogP contribution in [0.4, 0.5) is 0 Å². The van der Waals surface area contributed by atoms with Gasteiger partial charge in [-0.2, -0.15) is 0 Å². The molecule has 5 heteroatoms. The molecule has 0 radical (unpaired) electrons. The molecule has 0 bridgehead atoms. The summed E-state index contributed by atoms with van der Waals surface area (Å²) in [6.45, 7) is 2.15. The number of benzene rings is 1. The van der Waals surface area contributed by atoms with Crippen LogP contribution in [0.1, 0.15) is 23.2 Å². The van der Waals surface area contributed by atoms with E-state index in [2.05, 4.69) is 5.32 Å². The molecule has 1 saturated heterocycles. The van der Waals surface area contributed by atoms with Gasteiger partial charge in [-0.15, -0.1) is 0 Å². The lowest BCUT2D eigenvalue weighted by Crippen LogP contribution is -2.33. The molecule has 1 N–H and O–H groups in total. The van der Waals surface area contributed by atoms with E-state index in [0.717, 1.165) is 19.4 Å². The molecule has 1 aliphatic heterocycles. The molecule has 1 aliphatic rings. The Hall–Kier alpha value is -0.770. The largest absolute Gasteiger partial charge is 0.381 e. The summed E-state index contributed by atoms with van der Waals surface area (Å²) in [4.78, 5) is 12.0. The molecule has 1 atom stereocenters. The van der Waals surface area contributed by atoms with Crippen molar-refractivity contribution in [1.82, 2.24) is 5.32 Å². The standard InChI is InChI=1S/C13H15Cl2NO2/c14-11-5-1-4-10(12(11)15)13(17)16-7-9-3-2-6-18-8-9/h1,4-5,9H,2-3,6-8H2,(H,16,17)/t9-/m0/s1. The predicted octanol–water partition coefficient (Wildman–Crippen LogP) is 3.15. The first-order chi connectivity index (χ1) is 8.68. The highest BCUT2D eigenvalue weighted by molar-refractivity contribution is 6.43. The molecule has 1 amide bonds. The van der Waals surface area contributed by atoms with Crippen molar-refractivity contribution in [3.8, 4) is 0 Å². The third kappa shape index (κ3) is 3.37. The maximum Gasteiger partial charge on any atom is 0.252 e. The van der Waals surface area contributed by atoms with E-state index in [1.54, 1.807) is 18.2 Å². The minimum Gasteiger partial charge on any atom is -0.381 e. The normalized spacial score (nSPS) is 19.6. The van der Waals surface area contributed by atoms with Crippen molar-refractivity contribution in [2.75, 3.05) is 19.8 Å². The van der Waals surface area contributed by atoms with E-state index in [9.17, 15) is 4.79 Å². The molecular formula is C13H15Cl2NO2. The SMILES string of the molecule is O=C(NC[C@@H]1CCCOC1)c1cccc(Cl)c1Cl. The first-order valence-corrected chi connectivity index (χ1v) is 6.74. The van der Waals surface area contributed by atoms with Gasteiger partial charge in [-0.3, -0.25) is 4.79 Å². The molecule has 1 aromatic carbocycles. The summed E-state index contributed by atoms with van der Waals surface area (Å²) in [6.07, 6.45) is 2.14. The minimum atomic E-state index is -0.187. The first kappa shape index (κ1) is 13.7. The van der Waals surface area contributed by atoms with Gasteiger partial charge >= 0.3 is 0 Å². The molecule has 2 rings (SSSR count). The lowest BCUT2D eigenvalue weighted by molar-refractivity contribution is 0.0536. The van der Waals surface area contributed by atoms with Crippen LogP contribution in [0.2, 0.25) is 10.0 Å². The second-order valence-electron chi connectivity index (χ2n) is 4.39. The van der Waals surface area contributed by atoms with E-state index in [1.807, 2.05) is 0 Å². The first-order valence-electron chi connectivity index (χ1n) is 5.98. The van der Waals surface area contributed by atoms with Crippen molar-refractivity contribution in [2.45, 2.75) is 12.8 Å². The van der Waals surface area contributed by atoms with E-state index in [-0.39, 0.29) is 5.91 Å². The maximum atomic E-state index is 12.0. The van der Waals surface area contributed by atoms with Crippen LogP contribution in [0.25, 0.3) is 0 Å². The Morgan fingerprint density at radius 1 is 1.44 bits per heavy atom. The van der Waals surface area contributed by atoms with Crippen molar-refractivity contribution in [2.24, 2.45) is 5.92 Å². The molecule has 18 heavy (non-hydrogen) atoms. The minimum absolute atomic E-state index is 0.187. The van der Waals surface area contributed by atoms with Crippen molar-refractivity contribution < 1.29 is 9.53 Å². The zero-order chi connectivity index (χ0) is 13.0. The molecule has 98 valence electrons. The third-order valence-corrected chi connectivity index (χ3v) is 3.82. The fourth-order valence-corrected chi connectivity index (χ4v) is 2.37. The number of carbonyl (C=O) groups is 1. The van der Waals surface area contributed by atoms with Gasteiger partial charge in [0.25, 0.3) is 5.91 Å². The molecule has 1 heterocycles. The Balaban J connectivity index is 1.93. The second kappa shape index (κ2) is 6.41. The molecule has 0 aliphatic carbocycles. The Morgan fingerprint density at radius 2 is 2.28 bits per heavy atom. The summed E-state index contributed by atoms with van der Waals surface area (Å²) in [5.41, 5.74) is 0.417. The summed E-state index contributed by atoms with van der Waals surface area (Å²) < 4.78 is 5.36. The monoisotopic (exact) mass is 287 g/mol. The predicted molar refractivity (Wildman–Crippen MR) is 72.3 cm³/mol. The van der Waals surface area contributed by atoms with Gasteiger partial charge in [0.05, 0.1) is 22.2 Å². The average Bonchev–Trinajstić information content (AvgIpc) is 2.40. The number of nitrogens with one attached hydrogen (secondary N) is 1. The van der Waals surface area contributed by atoms with E-state index in [1.165, 1.54) is 0 Å². The van der Waals surface area contributed by atoms with E-state index >= 15 is 0 Å². The fraction of sp³-hybridized carbons (Fsp3) is 0.462. The third-order valence-electron chi connectivity index (χ3n) is 3.00. The number of carbonyl (C=O) groups excluding carboxylic acids is 1. The lowest BCUT2D eigenvalue weighted by atomic mass is 10.0. The van der Waals surface area contributed by atoms with Crippen LogP contribution in [-0.4, -0.2) is 25.7 Å². The fourth-order valence-electron chi connectivity index (χ4n) is 1.98. The zero-order valence-electron chi connectivity index (χ0n) is 9.92. The Kier molecular flexibility index (Phi) is 4.87. The molecule has 0 unspecified atom stereocenters. The van der Waals surface area contributed by atoms with Gasteiger partial charge in [-0.25, -0.2) is 0 Å². The van der Waals surface area contributed by atoms with Gasteiger partial charge in [0.2, 0.25) is 0 Å². The van der Waals surface area contributed by atoms with E-state index in [4.69, 9.17) is 27.9 Å². The number of halogens is 2. The summed E-state index contributed by atoms with van der Waals surface area (Å²) in [7, 11) is 0. The highest BCUT2D eigenvalue weighted by Gasteiger charge is 2.17. The number of ether oxygens (including phenoxy) is 1. The van der Waals surface area contributed by atoms with Gasteiger partial charge in [-0.1, -0.05) is 29.3 Å². The molecule has 3 nitrogen and oxygen atoms in total. The van der Waals surface area contributed by atoms with Crippen LogP contribution in [-0.2, 0) is 4.74 Å². The number of rotatable bonds is 3. The summed E-state index contributed by atoms with van der Waals surface area (Å²) in [5.74, 6) is 0.203. The lowest BCUT2D eigenvalue weighted by Gasteiger charge is -2.22. The van der Waals surface area contributed by atoms with Gasteiger partial charge < -0.3 is 10.1 Å². The summed E-state index contributed by atoms with van der Waals surface area (Å²) in [6, 6.07) is 5.05. The van der Waals surface area contributed by atoms with Crippen LogP contribution in [0.3, 0.4) is 0 Å². The van der Waals surface area contributed by atoms with E-state index < -0.39 is 0 Å². The average molecular weight is 288 g/mol. The van der Waals surface area contributed by atoms with Gasteiger partial charge in [-0.05, 0) is 30.9 Å². The second-order valence-corrected chi connectivity index (χ2v) is 5.18. The van der Waals surface area contributed by atoms with Crippen molar-refractivity contribution >= 4 is 29.1 Å². The van der Waals surface area contributed by atoms with Gasteiger partial charge in [0.1, 0.15) is 0 Å². The van der Waals surface area contributed by atoms with Crippen LogP contribution < -0.4 is 5.32 Å². The molecule has 0 spiro atoms. The van der Waals surface area contributed by atoms with Crippen LogP contribution in [0, 0.1) is 5.92 Å². The number of hydrogen-bond donors (Lipinski definition) is 1. The molecule has 0 saturated carbocycles. The van der Waals surface area contributed by atoms with Crippen LogP contribution in [0.15, 0.2) is 18.2 Å². The smallest absolute Gasteiger partial charge is 0.252 e. The van der Waals surface area contributed by atoms with Crippen molar-refractivity contribution in [3.63, 3.8) is 0 Å². The number of hydrogen-bond acceptors (Lipinski definition) is 2. The molecular weight excluding hydrogens is 273 g/mol. The van der Waals surface area contributed by atoms with Crippen molar-refractivity contribution in [3.05, 3.63) is 33.8 Å². The van der Waals surface area contributed by atoms with Gasteiger partial charge in [0, 0.05) is 13.2 Å². The Labute approximate surface area is 116 Å². The van der Waals surface area contributed by atoms with Crippen molar-refractivity contribution in [1.29, 1.82) is 0 Å². The van der Waals surface area contributed by atoms with Crippen LogP contribution >= 0.6 is 23.2 Å². The Bertz CT molecular complexity index is 431. The summed E-state index contributed by atoms with van der Waals surface area (Å²) in [5, 5.41) is 3.57. The maximum absolute atomic E-state index is 12.0. The topological polar surface area (TPSA) is 38.3 Å². The Morgan fingerprint density at radius 3 is 3.00 bits per heavy atom.